The van der Waals surface area contributed by atoms with E-state index in [4.69, 9.17) is 4.74 Å². The Bertz CT molecular complexity index is 701. The van der Waals surface area contributed by atoms with Crippen molar-refractivity contribution in [1.82, 2.24) is 15.6 Å². The van der Waals surface area contributed by atoms with Crippen LogP contribution in [-0.2, 0) is 11.2 Å². The second-order valence-electron chi connectivity index (χ2n) is 5.83. The van der Waals surface area contributed by atoms with Gasteiger partial charge in [0, 0.05) is 19.2 Å². The first kappa shape index (κ1) is 17.1. The van der Waals surface area contributed by atoms with E-state index in [0.717, 1.165) is 18.0 Å². The summed E-state index contributed by atoms with van der Waals surface area (Å²) < 4.78 is 5.52. The summed E-state index contributed by atoms with van der Waals surface area (Å²) >= 11 is 1.39. The van der Waals surface area contributed by atoms with Crippen LogP contribution in [-0.4, -0.2) is 30.6 Å². The average Bonchev–Trinajstić information content (AvgIpc) is 3.10. The molecular formula is C18H23N3O2S. The van der Waals surface area contributed by atoms with Gasteiger partial charge < -0.3 is 15.4 Å². The molecule has 0 bridgehead atoms. The topological polar surface area (TPSA) is 63.2 Å². The number of nitrogens with zero attached hydrogens (tertiary/aromatic N) is 1. The third-order valence-corrected chi connectivity index (χ3v) is 5.35. The molecular weight excluding hydrogens is 322 g/mol. The van der Waals surface area contributed by atoms with Gasteiger partial charge in [0.05, 0.1) is 6.20 Å². The zero-order valence-corrected chi connectivity index (χ0v) is 14.9. The summed E-state index contributed by atoms with van der Waals surface area (Å²) in [6.45, 7) is 6.05. The molecule has 1 aromatic carbocycles. The molecule has 0 fully saturated rings. The van der Waals surface area contributed by atoms with E-state index >= 15 is 0 Å². The van der Waals surface area contributed by atoms with E-state index in [0.29, 0.717) is 18.0 Å². The zero-order valence-electron chi connectivity index (χ0n) is 14.0. The Hall–Kier alpha value is -1.76. The summed E-state index contributed by atoms with van der Waals surface area (Å²) in [6.07, 6.45) is 2.59. The number of ether oxygens (including phenoxy) is 1. The second kappa shape index (κ2) is 7.88. The molecule has 0 saturated heterocycles. The highest BCUT2D eigenvalue weighted by Crippen LogP contribution is 2.24. The quantitative estimate of drug-likeness (QED) is 0.845. The van der Waals surface area contributed by atoms with Crippen LogP contribution in [0.2, 0.25) is 0 Å². The smallest absolute Gasteiger partial charge is 0.263 e. The lowest BCUT2D eigenvalue weighted by atomic mass is 9.94. The number of hydrogen-bond acceptors (Lipinski definition) is 5. The van der Waals surface area contributed by atoms with Crippen molar-refractivity contribution in [3.63, 3.8) is 0 Å². The fraction of sp³-hybridized carbons (Fsp3) is 0.444. The molecule has 2 N–H and O–H groups in total. The monoisotopic (exact) mass is 345 g/mol. The fourth-order valence-electron chi connectivity index (χ4n) is 2.96. The SMILES string of the molecule is CCOC(C)c1ncc(C(=O)NCC2NCCc3ccccc32)s1. The molecule has 6 heteroatoms. The molecule has 128 valence electrons. The molecule has 5 nitrogen and oxygen atoms in total. The van der Waals surface area contributed by atoms with Gasteiger partial charge in [0.15, 0.2) is 0 Å². The van der Waals surface area contributed by atoms with Crippen molar-refractivity contribution in [1.29, 1.82) is 0 Å². The molecule has 24 heavy (non-hydrogen) atoms. The molecule has 0 aliphatic carbocycles. The van der Waals surface area contributed by atoms with Crippen molar-refractivity contribution in [2.45, 2.75) is 32.4 Å². The lowest BCUT2D eigenvalue weighted by molar-refractivity contribution is 0.0762. The van der Waals surface area contributed by atoms with E-state index in [9.17, 15) is 4.79 Å². The molecule has 1 aromatic heterocycles. The molecule has 1 amide bonds. The first-order chi connectivity index (χ1) is 11.7. The maximum absolute atomic E-state index is 12.4. The van der Waals surface area contributed by atoms with Gasteiger partial charge >= 0.3 is 0 Å². The Kier molecular flexibility index (Phi) is 5.60. The number of hydrogen-bond donors (Lipinski definition) is 2. The highest BCUT2D eigenvalue weighted by Gasteiger charge is 2.21. The largest absolute Gasteiger partial charge is 0.372 e. The van der Waals surface area contributed by atoms with Gasteiger partial charge in [0.25, 0.3) is 5.91 Å². The summed E-state index contributed by atoms with van der Waals surface area (Å²) in [6, 6.07) is 8.57. The van der Waals surface area contributed by atoms with Gasteiger partial charge in [-0.25, -0.2) is 4.98 Å². The zero-order chi connectivity index (χ0) is 16.9. The van der Waals surface area contributed by atoms with Crippen LogP contribution in [0.1, 0.15) is 51.8 Å². The van der Waals surface area contributed by atoms with Crippen molar-refractivity contribution >= 4 is 17.2 Å². The highest BCUT2D eigenvalue weighted by molar-refractivity contribution is 7.13. The van der Waals surface area contributed by atoms with Gasteiger partial charge in [0.2, 0.25) is 0 Å². The lowest BCUT2D eigenvalue weighted by Gasteiger charge is -2.27. The number of amides is 1. The molecule has 2 heterocycles. The number of thiazole rings is 1. The maximum atomic E-state index is 12.4. The molecule has 1 aliphatic rings. The van der Waals surface area contributed by atoms with Crippen LogP contribution in [0.15, 0.2) is 30.5 Å². The van der Waals surface area contributed by atoms with E-state index in [2.05, 4.69) is 33.8 Å². The van der Waals surface area contributed by atoms with Crippen LogP contribution in [0.3, 0.4) is 0 Å². The average molecular weight is 345 g/mol. The summed E-state index contributed by atoms with van der Waals surface area (Å²) in [7, 11) is 0. The third kappa shape index (κ3) is 3.83. The number of aromatic nitrogens is 1. The number of nitrogens with one attached hydrogen (secondary N) is 2. The first-order valence-electron chi connectivity index (χ1n) is 8.35. The Labute approximate surface area is 146 Å². The van der Waals surface area contributed by atoms with E-state index in [1.807, 2.05) is 19.9 Å². The predicted molar refractivity (Wildman–Crippen MR) is 95.4 cm³/mol. The van der Waals surface area contributed by atoms with Crippen LogP contribution >= 0.6 is 11.3 Å². The molecule has 2 atom stereocenters. The Morgan fingerprint density at radius 1 is 1.50 bits per heavy atom. The van der Waals surface area contributed by atoms with Gasteiger partial charge in [-0.05, 0) is 37.9 Å². The fourth-order valence-corrected chi connectivity index (χ4v) is 3.79. The van der Waals surface area contributed by atoms with Crippen LogP contribution in [0.25, 0.3) is 0 Å². The van der Waals surface area contributed by atoms with Crippen molar-refractivity contribution in [3.8, 4) is 0 Å². The van der Waals surface area contributed by atoms with E-state index in [1.54, 1.807) is 6.20 Å². The highest BCUT2D eigenvalue weighted by atomic mass is 32.1. The van der Waals surface area contributed by atoms with Crippen LogP contribution in [0.4, 0.5) is 0 Å². The Morgan fingerprint density at radius 3 is 3.17 bits per heavy atom. The van der Waals surface area contributed by atoms with Crippen LogP contribution in [0, 0.1) is 0 Å². The predicted octanol–water partition coefficient (Wildman–Crippen LogP) is 2.86. The van der Waals surface area contributed by atoms with Crippen molar-refractivity contribution in [2.75, 3.05) is 19.7 Å². The molecule has 3 rings (SSSR count). The number of carbonyl (C=O) groups excluding carboxylic acids is 1. The van der Waals surface area contributed by atoms with Gasteiger partial charge in [-0.2, -0.15) is 0 Å². The lowest BCUT2D eigenvalue weighted by Crippen LogP contribution is -2.38. The summed E-state index contributed by atoms with van der Waals surface area (Å²) in [5, 5.41) is 7.33. The molecule has 2 aromatic rings. The standard InChI is InChI=1S/C18H23N3O2S/c1-3-23-12(2)18-21-11-16(24-18)17(22)20-10-15-14-7-5-4-6-13(14)8-9-19-15/h4-7,11-12,15,19H,3,8-10H2,1-2H3,(H,20,22). The van der Waals surface area contributed by atoms with Crippen molar-refractivity contribution < 1.29 is 9.53 Å². The molecule has 1 aliphatic heterocycles. The molecule has 0 saturated carbocycles. The van der Waals surface area contributed by atoms with Gasteiger partial charge in [-0.1, -0.05) is 24.3 Å². The van der Waals surface area contributed by atoms with E-state index in [-0.39, 0.29) is 18.1 Å². The second-order valence-corrected chi connectivity index (χ2v) is 6.89. The Balaban J connectivity index is 1.60. The van der Waals surface area contributed by atoms with Gasteiger partial charge in [0.1, 0.15) is 16.0 Å². The van der Waals surface area contributed by atoms with Crippen molar-refractivity contribution in [2.24, 2.45) is 0 Å². The normalized spacial score (nSPS) is 18.0. The summed E-state index contributed by atoms with van der Waals surface area (Å²) in [4.78, 5) is 17.3. The summed E-state index contributed by atoms with van der Waals surface area (Å²) in [5.74, 6) is -0.0766. The first-order valence-corrected chi connectivity index (χ1v) is 9.17. The van der Waals surface area contributed by atoms with E-state index < -0.39 is 0 Å². The molecule has 2 unspecified atom stereocenters. The number of carbonyl (C=O) groups is 1. The van der Waals surface area contributed by atoms with Gasteiger partial charge in [-0.3, -0.25) is 4.79 Å². The minimum absolute atomic E-state index is 0.0755. The van der Waals surface area contributed by atoms with Crippen molar-refractivity contribution in [3.05, 3.63) is 51.5 Å². The number of fused-ring (bicyclic) bond motifs is 1. The maximum Gasteiger partial charge on any atom is 0.263 e. The molecule has 0 radical (unpaired) electrons. The van der Waals surface area contributed by atoms with Crippen LogP contribution < -0.4 is 10.6 Å². The Morgan fingerprint density at radius 2 is 2.33 bits per heavy atom. The number of benzene rings is 1. The molecule has 0 spiro atoms. The third-order valence-electron chi connectivity index (χ3n) is 4.19. The van der Waals surface area contributed by atoms with E-state index in [1.165, 1.54) is 22.5 Å². The van der Waals surface area contributed by atoms with Crippen LogP contribution in [0.5, 0.6) is 0 Å². The number of rotatable bonds is 6. The minimum Gasteiger partial charge on any atom is -0.372 e. The summed E-state index contributed by atoms with van der Waals surface area (Å²) in [5.41, 5.74) is 2.64. The van der Waals surface area contributed by atoms with Gasteiger partial charge in [-0.15, -0.1) is 11.3 Å². The minimum atomic E-state index is -0.0766.